The third-order valence-corrected chi connectivity index (χ3v) is 3.94. The fraction of sp³-hybridized carbons (Fsp3) is 0.765. The zero-order valence-corrected chi connectivity index (χ0v) is 16.1. The molecule has 0 aliphatic rings. The quantitative estimate of drug-likeness (QED) is 0.202. The summed E-state index contributed by atoms with van der Waals surface area (Å²) in [7, 11) is 0. The van der Waals surface area contributed by atoms with Gasteiger partial charge in [-0.3, -0.25) is 14.4 Å². The van der Waals surface area contributed by atoms with Gasteiger partial charge in [0.25, 0.3) is 0 Å². The van der Waals surface area contributed by atoms with Gasteiger partial charge in [-0.05, 0) is 38.1 Å². The molecule has 0 aromatic rings. The molecule has 0 aliphatic carbocycles. The SMILES string of the molecule is CC(C)C[C@H](NC(=O)[C@@H](N)CCCCN)C(=O)N[C@@H](CCC(N)=O)C(=O)O. The lowest BCUT2D eigenvalue weighted by Crippen LogP contribution is -2.54. The lowest BCUT2D eigenvalue weighted by atomic mass is 10.0. The molecular weight excluding hydrogens is 354 g/mol. The molecule has 156 valence electrons. The number of amides is 3. The first kappa shape index (κ1) is 24.8. The molecule has 0 aliphatic heterocycles. The fourth-order valence-electron chi connectivity index (χ4n) is 2.44. The maximum Gasteiger partial charge on any atom is 0.326 e. The molecule has 0 rings (SSSR count). The van der Waals surface area contributed by atoms with Crippen molar-refractivity contribution < 1.29 is 24.3 Å². The van der Waals surface area contributed by atoms with E-state index in [-0.39, 0.29) is 18.8 Å². The molecule has 0 radical (unpaired) electrons. The van der Waals surface area contributed by atoms with Gasteiger partial charge in [-0.25, -0.2) is 4.79 Å². The first-order valence-corrected chi connectivity index (χ1v) is 9.15. The molecule has 0 spiro atoms. The summed E-state index contributed by atoms with van der Waals surface area (Å²) in [5, 5.41) is 14.2. The van der Waals surface area contributed by atoms with Gasteiger partial charge in [0.05, 0.1) is 6.04 Å². The molecule has 3 amide bonds. The molecule has 0 fully saturated rings. The summed E-state index contributed by atoms with van der Waals surface area (Å²) in [6.07, 6.45) is 1.89. The van der Waals surface area contributed by atoms with Crippen LogP contribution in [0.3, 0.4) is 0 Å². The summed E-state index contributed by atoms with van der Waals surface area (Å²) < 4.78 is 0. The van der Waals surface area contributed by atoms with Gasteiger partial charge in [0.15, 0.2) is 0 Å². The highest BCUT2D eigenvalue weighted by Gasteiger charge is 2.28. The second kappa shape index (κ2) is 13.0. The fourth-order valence-corrected chi connectivity index (χ4v) is 2.44. The van der Waals surface area contributed by atoms with Crippen molar-refractivity contribution in [3.63, 3.8) is 0 Å². The van der Waals surface area contributed by atoms with Crippen molar-refractivity contribution in [3.8, 4) is 0 Å². The molecule has 0 unspecified atom stereocenters. The molecule has 9 N–H and O–H groups in total. The summed E-state index contributed by atoms with van der Waals surface area (Å²) in [5.41, 5.74) is 16.3. The van der Waals surface area contributed by atoms with Crippen LogP contribution in [0.1, 0.15) is 52.4 Å². The van der Waals surface area contributed by atoms with E-state index in [1.54, 1.807) is 0 Å². The van der Waals surface area contributed by atoms with Gasteiger partial charge in [-0.1, -0.05) is 20.3 Å². The molecule has 27 heavy (non-hydrogen) atoms. The molecule has 0 aromatic heterocycles. The summed E-state index contributed by atoms with van der Waals surface area (Å²) >= 11 is 0. The number of carboxylic acid groups (broad SMARTS) is 1. The van der Waals surface area contributed by atoms with Crippen molar-refractivity contribution >= 4 is 23.7 Å². The molecule has 0 aromatic carbocycles. The van der Waals surface area contributed by atoms with Crippen molar-refractivity contribution in [1.82, 2.24) is 10.6 Å². The Hall–Kier alpha value is -2.20. The topological polar surface area (TPSA) is 191 Å². The van der Waals surface area contributed by atoms with E-state index in [1.165, 1.54) is 0 Å². The van der Waals surface area contributed by atoms with Crippen molar-refractivity contribution in [3.05, 3.63) is 0 Å². The minimum absolute atomic E-state index is 0.0726. The maximum absolute atomic E-state index is 12.5. The van der Waals surface area contributed by atoms with E-state index in [9.17, 15) is 24.3 Å². The van der Waals surface area contributed by atoms with Crippen LogP contribution < -0.4 is 27.8 Å². The largest absolute Gasteiger partial charge is 0.480 e. The summed E-state index contributed by atoms with van der Waals surface area (Å²) in [4.78, 5) is 46.9. The van der Waals surface area contributed by atoms with Crippen molar-refractivity contribution in [2.75, 3.05) is 6.54 Å². The normalized spacial score (nSPS) is 14.3. The Morgan fingerprint density at radius 3 is 2.04 bits per heavy atom. The average molecular weight is 387 g/mol. The van der Waals surface area contributed by atoms with Gasteiger partial charge in [-0.15, -0.1) is 0 Å². The first-order valence-electron chi connectivity index (χ1n) is 9.15. The Morgan fingerprint density at radius 1 is 0.963 bits per heavy atom. The number of nitrogens with two attached hydrogens (primary N) is 3. The van der Waals surface area contributed by atoms with Crippen LogP contribution in [0.5, 0.6) is 0 Å². The third-order valence-electron chi connectivity index (χ3n) is 3.94. The molecule has 0 bridgehead atoms. The standard InChI is InChI=1S/C17H33N5O5/c1-10(2)9-13(22-15(24)11(19)5-3-4-8-18)16(25)21-12(17(26)27)6-7-14(20)23/h10-13H,3-9,18-19H2,1-2H3,(H2,20,23)(H,21,25)(H,22,24)(H,26,27)/t11-,12-,13-/m0/s1. The summed E-state index contributed by atoms with van der Waals surface area (Å²) in [5.74, 6) is -2.98. The van der Waals surface area contributed by atoms with Crippen molar-refractivity contribution in [2.24, 2.45) is 23.1 Å². The maximum atomic E-state index is 12.5. The van der Waals surface area contributed by atoms with E-state index in [2.05, 4.69) is 10.6 Å². The van der Waals surface area contributed by atoms with Crippen LogP contribution in [-0.2, 0) is 19.2 Å². The van der Waals surface area contributed by atoms with Crippen molar-refractivity contribution in [1.29, 1.82) is 0 Å². The molecule has 0 heterocycles. The number of primary amides is 1. The van der Waals surface area contributed by atoms with E-state index < -0.39 is 41.8 Å². The van der Waals surface area contributed by atoms with E-state index in [0.717, 1.165) is 6.42 Å². The molecule has 0 saturated carbocycles. The Bertz CT molecular complexity index is 512. The molecule has 10 heteroatoms. The van der Waals surface area contributed by atoms with Crippen LogP contribution in [0.2, 0.25) is 0 Å². The third kappa shape index (κ3) is 11.2. The average Bonchev–Trinajstić information content (AvgIpc) is 2.56. The zero-order valence-electron chi connectivity index (χ0n) is 16.1. The monoisotopic (exact) mass is 387 g/mol. The summed E-state index contributed by atoms with van der Waals surface area (Å²) in [6, 6.07) is -2.97. The number of carbonyl (C=O) groups excluding carboxylic acids is 3. The van der Waals surface area contributed by atoms with Crippen LogP contribution >= 0.6 is 0 Å². The van der Waals surface area contributed by atoms with Crippen LogP contribution in [0.4, 0.5) is 0 Å². The van der Waals surface area contributed by atoms with Crippen LogP contribution in [-0.4, -0.2) is 53.5 Å². The predicted octanol–water partition coefficient (Wildman–Crippen LogP) is -1.19. The van der Waals surface area contributed by atoms with Gasteiger partial charge < -0.3 is 32.9 Å². The number of unbranched alkanes of at least 4 members (excludes halogenated alkanes) is 1. The van der Waals surface area contributed by atoms with Gasteiger partial charge in [0, 0.05) is 6.42 Å². The van der Waals surface area contributed by atoms with Crippen LogP contribution in [0.15, 0.2) is 0 Å². The van der Waals surface area contributed by atoms with Crippen LogP contribution in [0, 0.1) is 5.92 Å². The number of nitrogens with one attached hydrogen (secondary N) is 2. The van der Waals surface area contributed by atoms with E-state index in [1.807, 2.05) is 13.8 Å². The minimum atomic E-state index is -1.28. The lowest BCUT2D eigenvalue weighted by Gasteiger charge is -2.24. The molecule has 0 saturated heterocycles. The zero-order chi connectivity index (χ0) is 21.0. The number of aliphatic carboxylic acids is 1. The van der Waals surface area contributed by atoms with Gasteiger partial charge in [-0.2, -0.15) is 0 Å². The first-order chi connectivity index (χ1) is 12.6. The molecule has 10 nitrogen and oxygen atoms in total. The van der Waals surface area contributed by atoms with Gasteiger partial charge in [0.2, 0.25) is 17.7 Å². The number of hydrogen-bond donors (Lipinski definition) is 6. The highest BCUT2D eigenvalue weighted by atomic mass is 16.4. The highest BCUT2D eigenvalue weighted by Crippen LogP contribution is 2.08. The Kier molecular flexibility index (Phi) is 12.0. The number of carbonyl (C=O) groups is 4. The predicted molar refractivity (Wildman–Crippen MR) is 100 cm³/mol. The van der Waals surface area contributed by atoms with Gasteiger partial charge >= 0.3 is 5.97 Å². The number of hydrogen-bond acceptors (Lipinski definition) is 6. The van der Waals surface area contributed by atoms with E-state index >= 15 is 0 Å². The van der Waals surface area contributed by atoms with Crippen molar-refractivity contribution in [2.45, 2.75) is 70.5 Å². The Morgan fingerprint density at radius 2 is 1.56 bits per heavy atom. The Balaban J connectivity index is 4.93. The number of carboxylic acids is 1. The smallest absolute Gasteiger partial charge is 0.326 e. The Labute approximate surface area is 159 Å². The van der Waals surface area contributed by atoms with Gasteiger partial charge in [0.1, 0.15) is 12.1 Å². The molecule has 3 atom stereocenters. The highest BCUT2D eigenvalue weighted by molar-refractivity contribution is 5.91. The minimum Gasteiger partial charge on any atom is -0.480 e. The second-order valence-electron chi connectivity index (χ2n) is 6.99. The van der Waals surface area contributed by atoms with E-state index in [0.29, 0.717) is 25.8 Å². The lowest BCUT2D eigenvalue weighted by molar-refractivity contribution is -0.142. The number of rotatable bonds is 14. The summed E-state index contributed by atoms with van der Waals surface area (Å²) in [6.45, 7) is 4.25. The second-order valence-corrected chi connectivity index (χ2v) is 6.99. The molecular formula is C17H33N5O5. The van der Waals surface area contributed by atoms with E-state index in [4.69, 9.17) is 17.2 Å². The van der Waals surface area contributed by atoms with Crippen LogP contribution in [0.25, 0.3) is 0 Å².